The minimum Gasteiger partial charge on any atom is -0.508 e. The van der Waals surface area contributed by atoms with Gasteiger partial charge in [-0.2, -0.15) is 0 Å². The number of hydrogen-bond donors (Lipinski definition) is 2. The Hall–Kier alpha value is -1.77. The molecule has 1 rings (SSSR count). The summed E-state index contributed by atoms with van der Waals surface area (Å²) in [5.74, 6) is -2.01. The summed E-state index contributed by atoms with van der Waals surface area (Å²) in [7, 11) is 0. The summed E-state index contributed by atoms with van der Waals surface area (Å²) in [6.45, 7) is 0. The fourth-order valence-electron chi connectivity index (χ4n) is 0.571. The monoisotopic (exact) mass is 168 g/mol. The number of carboxylic acid groups (broad SMARTS) is 1. The van der Waals surface area contributed by atoms with E-state index < -0.39 is 35.9 Å². The lowest BCUT2D eigenvalue weighted by atomic mass is 10.2. The van der Waals surface area contributed by atoms with Crippen LogP contribution in [-0.2, 0) is 4.79 Å². The zero-order valence-electron chi connectivity index (χ0n) is 9.96. The average molecular weight is 168 g/mol. The predicted octanol–water partition coefficient (Wildman–Crippen LogP) is 1.49. The van der Waals surface area contributed by atoms with Crippen molar-refractivity contribution in [1.82, 2.24) is 0 Å². The lowest BCUT2D eigenvalue weighted by molar-refractivity contribution is -0.131. The van der Waals surface area contributed by atoms with Gasteiger partial charge in [0.25, 0.3) is 0 Å². The van der Waals surface area contributed by atoms with Crippen molar-refractivity contribution < 1.29 is 20.5 Å². The zero-order valence-corrected chi connectivity index (χ0v) is 5.96. The number of phenolic OH excluding ortho intramolecular Hbond substituents is 1. The molecule has 0 amide bonds. The van der Waals surface area contributed by atoms with E-state index in [9.17, 15) is 4.79 Å². The van der Waals surface area contributed by atoms with Crippen molar-refractivity contribution in [2.24, 2.45) is 0 Å². The first-order valence-corrected chi connectivity index (χ1v) is 3.06. The molecule has 3 nitrogen and oxygen atoms in total. The number of benzene rings is 1. The quantitative estimate of drug-likeness (QED) is 0.658. The molecule has 0 aliphatic rings. The van der Waals surface area contributed by atoms with Gasteiger partial charge in [-0.15, -0.1) is 0 Å². The molecule has 2 N–H and O–H groups in total. The summed E-state index contributed by atoms with van der Waals surface area (Å²) < 4.78 is 29.2. The number of aliphatic carboxylic acids is 1. The van der Waals surface area contributed by atoms with E-state index in [0.29, 0.717) is 0 Å². The summed E-state index contributed by atoms with van der Waals surface area (Å²) in [6.07, 6.45) is 0. The molecule has 0 aromatic heterocycles. The molecule has 1 aromatic rings. The first-order valence-electron chi connectivity index (χ1n) is 5.06. The Morgan fingerprint density at radius 1 is 1.58 bits per heavy atom. The zero-order chi connectivity index (χ0) is 12.5. The van der Waals surface area contributed by atoms with Gasteiger partial charge >= 0.3 is 5.97 Å². The highest BCUT2D eigenvalue weighted by Gasteiger charge is 1.89. The maximum atomic E-state index is 10.5. The van der Waals surface area contributed by atoms with Gasteiger partial charge in [0, 0.05) is 6.05 Å². The number of rotatable bonds is 2. The molecule has 0 atom stereocenters. The molecule has 0 fully saturated rings. The molecule has 12 heavy (non-hydrogen) atoms. The summed E-state index contributed by atoms with van der Waals surface area (Å²) in [4.78, 5) is 10.5. The van der Waals surface area contributed by atoms with Crippen molar-refractivity contribution >= 4 is 12.0 Å². The van der Waals surface area contributed by atoms with Crippen LogP contribution in [0, 0.1) is 0 Å². The third-order valence-electron chi connectivity index (χ3n) is 1.04. The van der Waals surface area contributed by atoms with Crippen molar-refractivity contribution in [2.45, 2.75) is 0 Å². The number of carboxylic acids is 1. The highest BCUT2D eigenvalue weighted by Crippen LogP contribution is 2.10. The van der Waals surface area contributed by atoms with Gasteiger partial charge in [-0.3, -0.25) is 0 Å². The second-order valence-electron chi connectivity index (χ2n) is 1.94. The van der Waals surface area contributed by atoms with Crippen molar-refractivity contribution in [3.05, 3.63) is 35.8 Å². The van der Waals surface area contributed by atoms with Gasteiger partial charge < -0.3 is 10.2 Å². The molecular formula is C9H8O3. The van der Waals surface area contributed by atoms with Crippen LogP contribution < -0.4 is 0 Å². The van der Waals surface area contributed by atoms with Crippen molar-refractivity contribution in [1.29, 1.82) is 0 Å². The summed E-state index contributed by atoms with van der Waals surface area (Å²) in [5, 5.41) is 17.6. The number of hydrogen-bond acceptors (Lipinski definition) is 2. The first kappa shape index (κ1) is 4.30. The molecule has 0 aliphatic heterocycles. The van der Waals surface area contributed by atoms with E-state index in [1.54, 1.807) is 0 Å². The van der Waals surface area contributed by atoms with Crippen LogP contribution in [0.2, 0.25) is 0 Å². The Morgan fingerprint density at radius 3 is 3.00 bits per heavy atom. The SMILES string of the molecule is [2H]C(C(=O)O)=C([2H])c1ccc(O)c([2H])c1[2H]. The molecule has 0 heterocycles. The van der Waals surface area contributed by atoms with Crippen LogP contribution >= 0.6 is 0 Å². The minimum absolute atomic E-state index is 0.171. The van der Waals surface area contributed by atoms with Gasteiger partial charge in [-0.05, 0) is 23.7 Å². The molecular weight excluding hydrogens is 156 g/mol. The van der Waals surface area contributed by atoms with Crippen LogP contribution in [-0.4, -0.2) is 16.2 Å². The van der Waals surface area contributed by atoms with Gasteiger partial charge in [0.1, 0.15) is 5.75 Å². The molecule has 62 valence electrons. The predicted molar refractivity (Wildman–Crippen MR) is 44.8 cm³/mol. The van der Waals surface area contributed by atoms with E-state index in [-0.39, 0.29) is 5.56 Å². The fraction of sp³-hybridized carbons (Fsp3) is 0. The maximum absolute atomic E-state index is 10.5. The van der Waals surface area contributed by atoms with Crippen molar-refractivity contribution in [3.8, 4) is 5.75 Å². The molecule has 0 bridgehead atoms. The lowest BCUT2D eigenvalue weighted by Gasteiger charge is -1.92. The van der Waals surface area contributed by atoms with Gasteiger partial charge in [0.2, 0.25) is 0 Å². The van der Waals surface area contributed by atoms with Crippen LogP contribution in [0.25, 0.3) is 6.05 Å². The highest BCUT2D eigenvalue weighted by molar-refractivity contribution is 5.85. The van der Waals surface area contributed by atoms with Crippen molar-refractivity contribution in [2.75, 3.05) is 0 Å². The average Bonchev–Trinajstić information content (AvgIpc) is 2.24. The molecule has 1 aromatic carbocycles. The van der Waals surface area contributed by atoms with Gasteiger partial charge in [0.05, 0.1) is 5.48 Å². The van der Waals surface area contributed by atoms with Gasteiger partial charge in [0.15, 0.2) is 0 Å². The third-order valence-corrected chi connectivity index (χ3v) is 1.04. The fourth-order valence-corrected chi connectivity index (χ4v) is 0.571. The van der Waals surface area contributed by atoms with E-state index in [2.05, 4.69) is 0 Å². The highest BCUT2D eigenvalue weighted by atomic mass is 16.4. The topological polar surface area (TPSA) is 57.5 Å². The van der Waals surface area contributed by atoms with E-state index in [1.165, 1.54) is 0 Å². The molecule has 0 radical (unpaired) electrons. The molecule has 0 aliphatic carbocycles. The first-order chi connectivity index (χ1) is 7.36. The largest absolute Gasteiger partial charge is 0.508 e. The number of phenols is 1. The molecule has 3 heteroatoms. The smallest absolute Gasteiger partial charge is 0.328 e. The van der Waals surface area contributed by atoms with Gasteiger partial charge in [-0.25, -0.2) is 4.79 Å². The Bertz CT molecular complexity index is 482. The van der Waals surface area contributed by atoms with E-state index in [1.807, 2.05) is 0 Å². The Morgan fingerprint density at radius 2 is 2.33 bits per heavy atom. The standard InChI is InChI=1S/C9H8O3/c10-8-4-1-7(2-5-8)3-6-9(11)12/h1-6,10H,(H,11,12)/i1D,3D,4D,6D. The molecule has 0 unspecified atom stereocenters. The second-order valence-corrected chi connectivity index (χ2v) is 1.94. The van der Waals surface area contributed by atoms with Crippen LogP contribution in [0.5, 0.6) is 5.75 Å². The Balaban J connectivity index is 3.42. The van der Waals surface area contributed by atoms with Crippen LogP contribution in [0.15, 0.2) is 30.3 Å². The van der Waals surface area contributed by atoms with Gasteiger partial charge in [-0.1, -0.05) is 12.1 Å². The maximum Gasteiger partial charge on any atom is 0.328 e. The Kier molecular flexibility index (Phi) is 1.28. The van der Waals surface area contributed by atoms with Crippen LogP contribution in [0.1, 0.15) is 11.0 Å². The number of aromatic hydroxyl groups is 1. The summed E-state index contributed by atoms with van der Waals surface area (Å²) in [5.41, 5.74) is -0.171. The third kappa shape index (κ3) is 2.46. The summed E-state index contributed by atoms with van der Waals surface area (Å²) in [6, 6.07) is -0.379. The van der Waals surface area contributed by atoms with E-state index in [0.717, 1.165) is 12.1 Å². The van der Waals surface area contributed by atoms with E-state index in [4.69, 9.17) is 15.7 Å². The molecule has 0 spiro atoms. The van der Waals surface area contributed by atoms with Crippen LogP contribution in [0.4, 0.5) is 0 Å². The molecule has 0 saturated carbocycles. The van der Waals surface area contributed by atoms with Crippen LogP contribution in [0.3, 0.4) is 0 Å². The van der Waals surface area contributed by atoms with E-state index >= 15 is 0 Å². The molecule has 0 saturated heterocycles. The second kappa shape index (κ2) is 3.57. The lowest BCUT2D eigenvalue weighted by Crippen LogP contribution is -1.85. The normalized spacial score (nSPS) is 16.7. The minimum atomic E-state index is -1.58. The van der Waals surface area contributed by atoms with Crippen molar-refractivity contribution in [3.63, 3.8) is 0 Å². The number of carbonyl (C=O) groups is 1. The Labute approximate surface area is 75.2 Å². The summed E-state index contributed by atoms with van der Waals surface area (Å²) >= 11 is 0.